The van der Waals surface area contributed by atoms with Gasteiger partial charge in [0.1, 0.15) is 0 Å². The minimum atomic E-state index is 0.294. The van der Waals surface area contributed by atoms with Crippen LogP contribution in [0.5, 0.6) is 0 Å². The molecule has 2 aliphatic rings. The second-order valence-electron chi connectivity index (χ2n) is 8.06. The molecule has 6 nitrogen and oxygen atoms in total. The lowest BCUT2D eigenvalue weighted by molar-refractivity contribution is -0.168. The summed E-state index contributed by atoms with van der Waals surface area (Å²) in [6.07, 6.45) is 6.33. The van der Waals surface area contributed by atoms with E-state index < -0.39 is 0 Å². The van der Waals surface area contributed by atoms with Crippen LogP contribution < -0.4 is 10.6 Å². The number of guanidine groups is 1. The summed E-state index contributed by atoms with van der Waals surface area (Å²) in [7, 11) is 3.86. The Morgan fingerprint density at radius 1 is 1.42 bits per heavy atom. The van der Waals surface area contributed by atoms with E-state index in [1.54, 1.807) is 0 Å². The highest BCUT2D eigenvalue weighted by Crippen LogP contribution is 2.57. The largest absolute Gasteiger partial charge is 0.378 e. The molecule has 146 valence electrons. The first kappa shape index (κ1) is 19.2. The molecule has 1 heterocycles. The minimum Gasteiger partial charge on any atom is -0.378 e. The predicted octanol–water partition coefficient (Wildman–Crippen LogP) is 2.48. The molecule has 1 aromatic heterocycles. The molecule has 0 amide bonds. The highest BCUT2D eigenvalue weighted by molar-refractivity contribution is 5.80. The Morgan fingerprint density at radius 3 is 2.65 bits per heavy atom. The van der Waals surface area contributed by atoms with Crippen molar-refractivity contribution < 1.29 is 4.74 Å². The van der Waals surface area contributed by atoms with E-state index in [0.717, 1.165) is 31.1 Å². The first-order chi connectivity index (χ1) is 12.4. The van der Waals surface area contributed by atoms with Crippen molar-refractivity contribution in [1.82, 2.24) is 20.4 Å². The van der Waals surface area contributed by atoms with Crippen LogP contribution in [0.2, 0.25) is 0 Å². The summed E-state index contributed by atoms with van der Waals surface area (Å²) in [5.41, 5.74) is 4.03. The molecule has 0 radical (unpaired) electrons. The summed E-state index contributed by atoms with van der Waals surface area (Å²) in [4.78, 5) is 4.47. The van der Waals surface area contributed by atoms with Gasteiger partial charge < -0.3 is 15.4 Å². The third-order valence-corrected chi connectivity index (χ3v) is 6.52. The van der Waals surface area contributed by atoms with Crippen LogP contribution in [0, 0.1) is 19.3 Å². The van der Waals surface area contributed by atoms with Gasteiger partial charge in [0.25, 0.3) is 0 Å². The molecule has 2 fully saturated rings. The molecule has 2 N–H and O–H groups in total. The van der Waals surface area contributed by atoms with Crippen molar-refractivity contribution in [3.8, 4) is 0 Å². The average molecular weight is 362 g/mol. The molecule has 0 saturated heterocycles. The Bertz CT molecular complexity index is 661. The zero-order valence-electron chi connectivity index (χ0n) is 17.2. The van der Waals surface area contributed by atoms with Crippen LogP contribution in [0.15, 0.2) is 4.99 Å². The molecule has 1 aromatic rings. The van der Waals surface area contributed by atoms with Crippen molar-refractivity contribution in [3.05, 3.63) is 17.0 Å². The Labute approximate surface area is 157 Å². The lowest BCUT2D eigenvalue weighted by Crippen LogP contribution is -2.69. The van der Waals surface area contributed by atoms with Gasteiger partial charge in [-0.1, -0.05) is 6.42 Å². The monoisotopic (exact) mass is 361 g/mol. The van der Waals surface area contributed by atoms with E-state index in [4.69, 9.17) is 4.74 Å². The van der Waals surface area contributed by atoms with Gasteiger partial charge in [-0.25, -0.2) is 0 Å². The van der Waals surface area contributed by atoms with Crippen molar-refractivity contribution in [2.45, 2.75) is 78.0 Å². The topological polar surface area (TPSA) is 63.5 Å². The number of aliphatic imine (C=N–C) groups is 1. The van der Waals surface area contributed by atoms with Gasteiger partial charge in [0.05, 0.1) is 11.8 Å². The van der Waals surface area contributed by atoms with Crippen molar-refractivity contribution in [3.63, 3.8) is 0 Å². The number of rotatable bonds is 6. The standard InChI is InChI=1S/C20H35N5O/c1-7-26-18-12-17(20(18)9-8-10-20)23-19(21-5)22-13(2)11-16-14(3)24-25(6)15(16)4/h13,17-18H,7-12H2,1-6H3,(H2,21,22,23). The summed E-state index contributed by atoms with van der Waals surface area (Å²) in [5, 5.41) is 11.8. The second kappa shape index (κ2) is 7.59. The third kappa shape index (κ3) is 3.36. The quantitative estimate of drug-likeness (QED) is 0.604. The molecule has 0 aromatic carbocycles. The fourth-order valence-electron chi connectivity index (χ4n) is 4.68. The summed E-state index contributed by atoms with van der Waals surface area (Å²) in [6, 6.07) is 0.774. The van der Waals surface area contributed by atoms with Crippen LogP contribution in [-0.2, 0) is 18.2 Å². The Balaban J connectivity index is 1.57. The van der Waals surface area contributed by atoms with Crippen molar-refractivity contribution >= 4 is 5.96 Å². The van der Waals surface area contributed by atoms with E-state index in [1.165, 1.54) is 30.5 Å². The Hall–Kier alpha value is -1.56. The average Bonchev–Trinajstić information content (AvgIpc) is 2.77. The van der Waals surface area contributed by atoms with Gasteiger partial charge in [-0.05, 0) is 58.9 Å². The molecule has 6 heteroatoms. The highest BCUT2D eigenvalue weighted by atomic mass is 16.5. The number of aromatic nitrogens is 2. The van der Waals surface area contributed by atoms with Gasteiger partial charge in [0, 0.05) is 43.9 Å². The number of nitrogens with one attached hydrogen (secondary N) is 2. The lowest BCUT2D eigenvalue weighted by Gasteiger charge is -2.61. The van der Waals surface area contributed by atoms with Crippen LogP contribution in [0.25, 0.3) is 0 Å². The molecule has 2 aliphatic carbocycles. The van der Waals surface area contributed by atoms with Crippen LogP contribution >= 0.6 is 0 Å². The zero-order valence-corrected chi connectivity index (χ0v) is 17.2. The summed E-state index contributed by atoms with van der Waals surface area (Å²) < 4.78 is 7.93. The van der Waals surface area contributed by atoms with Crippen LogP contribution in [0.4, 0.5) is 0 Å². The van der Waals surface area contributed by atoms with E-state index in [2.05, 4.69) is 48.4 Å². The second-order valence-corrected chi connectivity index (χ2v) is 8.06. The number of ether oxygens (including phenoxy) is 1. The zero-order chi connectivity index (χ0) is 18.9. The maximum absolute atomic E-state index is 5.96. The third-order valence-electron chi connectivity index (χ3n) is 6.52. The first-order valence-corrected chi connectivity index (χ1v) is 10.0. The van der Waals surface area contributed by atoms with Gasteiger partial charge in [-0.15, -0.1) is 0 Å². The fraction of sp³-hybridized carbons (Fsp3) is 0.800. The molecular formula is C20H35N5O. The molecule has 2 saturated carbocycles. The van der Waals surface area contributed by atoms with Gasteiger partial charge in [-0.2, -0.15) is 5.10 Å². The van der Waals surface area contributed by atoms with E-state index in [1.807, 2.05) is 18.8 Å². The molecule has 1 spiro atoms. The summed E-state index contributed by atoms with van der Waals surface area (Å²) >= 11 is 0. The van der Waals surface area contributed by atoms with Crippen molar-refractivity contribution in [2.75, 3.05) is 13.7 Å². The predicted molar refractivity (Wildman–Crippen MR) is 106 cm³/mol. The van der Waals surface area contributed by atoms with Gasteiger partial charge in [0.2, 0.25) is 0 Å². The molecule has 0 aliphatic heterocycles. The Morgan fingerprint density at radius 2 is 2.15 bits per heavy atom. The van der Waals surface area contributed by atoms with E-state index in [-0.39, 0.29) is 0 Å². The smallest absolute Gasteiger partial charge is 0.191 e. The normalized spacial score (nSPS) is 25.5. The minimum absolute atomic E-state index is 0.294. The summed E-state index contributed by atoms with van der Waals surface area (Å²) in [6.45, 7) is 9.34. The Kier molecular flexibility index (Phi) is 5.61. The molecular weight excluding hydrogens is 326 g/mol. The van der Waals surface area contributed by atoms with E-state index in [9.17, 15) is 0 Å². The number of hydrogen-bond donors (Lipinski definition) is 2. The molecule has 0 bridgehead atoms. The number of nitrogens with zero attached hydrogens (tertiary/aromatic N) is 3. The fourth-order valence-corrected chi connectivity index (χ4v) is 4.68. The summed E-state index contributed by atoms with van der Waals surface area (Å²) in [5.74, 6) is 0.905. The van der Waals surface area contributed by atoms with Gasteiger partial charge in [-0.3, -0.25) is 9.67 Å². The molecule has 3 rings (SSSR count). The first-order valence-electron chi connectivity index (χ1n) is 10.0. The SMILES string of the molecule is CCOC1CC(NC(=NC)NC(C)Cc2c(C)nn(C)c2C)C12CCC2. The van der Waals surface area contributed by atoms with E-state index in [0.29, 0.717) is 23.6 Å². The van der Waals surface area contributed by atoms with Gasteiger partial charge in [0.15, 0.2) is 5.96 Å². The molecule has 26 heavy (non-hydrogen) atoms. The van der Waals surface area contributed by atoms with Crippen molar-refractivity contribution in [2.24, 2.45) is 17.5 Å². The van der Waals surface area contributed by atoms with Crippen molar-refractivity contribution in [1.29, 1.82) is 0 Å². The molecule has 3 atom stereocenters. The molecule has 3 unspecified atom stereocenters. The maximum Gasteiger partial charge on any atom is 0.191 e. The lowest BCUT2D eigenvalue weighted by atomic mass is 9.51. The van der Waals surface area contributed by atoms with Crippen LogP contribution in [-0.4, -0.2) is 47.6 Å². The maximum atomic E-state index is 5.96. The number of hydrogen-bond acceptors (Lipinski definition) is 3. The van der Waals surface area contributed by atoms with E-state index >= 15 is 0 Å². The highest BCUT2D eigenvalue weighted by Gasteiger charge is 2.59. The number of aryl methyl sites for hydroxylation is 2. The van der Waals surface area contributed by atoms with Gasteiger partial charge >= 0.3 is 0 Å². The van der Waals surface area contributed by atoms with Crippen LogP contribution in [0.1, 0.15) is 56.5 Å². The van der Waals surface area contributed by atoms with Crippen LogP contribution in [0.3, 0.4) is 0 Å².